The molecule has 0 aromatic heterocycles. The molecule has 3 heteroatoms. The Labute approximate surface area is 115 Å². The Morgan fingerprint density at radius 2 is 1.95 bits per heavy atom. The van der Waals surface area contributed by atoms with Gasteiger partial charge in [0.05, 0.1) is 5.92 Å². The molecule has 2 atom stereocenters. The minimum atomic E-state index is -0.695. The van der Waals surface area contributed by atoms with Crippen LogP contribution < -0.4 is 5.32 Å². The van der Waals surface area contributed by atoms with E-state index < -0.39 is 5.97 Å². The number of aliphatic carboxylic acids is 1. The molecule has 1 fully saturated rings. The van der Waals surface area contributed by atoms with Crippen LogP contribution in [0.4, 0.5) is 0 Å². The molecule has 19 heavy (non-hydrogen) atoms. The Kier molecular flexibility index (Phi) is 3.95. The lowest BCUT2D eigenvalue weighted by molar-refractivity contribution is -0.141. The molecule has 104 valence electrons. The molecule has 1 aromatic carbocycles. The summed E-state index contributed by atoms with van der Waals surface area (Å²) in [5.74, 6) is -0.946. The molecule has 1 heterocycles. The molecule has 0 spiro atoms. The highest BCUT2D eigenvalue weighted by molar-refractivity contribution is 5.70. The molecule has 2 N–H and O–H groups in total. The number of benzene rings is 1. The number of carbonyl (C=O) groups is 1. The summed E-state index contributed by atoms with van der Waals surface area (Å²) in [6.07, 6.45) is 1.75. The minimum absolute atomic E-state index is 0.185. The summed E-state index contributed by atoms with van der Waals surface area (Å²) < 4.78 is 0. The molecule has 1 saturated heterocycles. The molecule has 1 aromatic rings. The Morgan fingerprint density at radius 3 is 2.42 bits per heavy atom. The molecule has 0 amide bonds. The van der Waals surface area contributed by atoms with Crippen LogP contribution in [0.5, 0.6) is 0 Å². The summed E-state index contributed by atoms with van der Waals surface area (Å²) in [7, 11) is 0. The van der Waals surface area contributed by atoms with Crippen LogP contribution in [0.1, 0.15) is 44.4 Å². The lowest BCUT2D eigenvalue weighted by Crippen LogP contribution is -2.17. The third kappa shape index (κ3) is 3.80. The molecule has 0 radical (unpaired) electrons. The third-order valence-corrected chi connectivity index (χ3v) is 3.60. The van der Waals surface area contributed by atoms with Gasteiger partial charge >= 0.3 is 5.97 Å². The second-order valence-electron chi connectivity index (χ2n) is 6.71. The molecule has 1 aliphatic rings. The number of hydrogen-bond donors (Lipinski definition) is 2. The van der Waals surface area contributed by atoms with Crippen LogP contribution >= 0.6 is 0 Å². The van der Waals surface area contributed by atoms with Gasteiger partial charge < -0.3 is 10.4 Å². The molecular weight excluding hydrogens is 238 g/mol. The maximum Gasteiger partial charge on any atom is 0.307 e. The predicted molar refractivity (Wildman–Crippen MR) is 76.1 cm³/mol. The summed E-state index contributed by atoms with van der Waals surface area (Å²) in [6.45, 7) is 7.27. The summed E-state index contributed by atoms with van der Waals surface area (Å²) in [6, 6.07) is 8.77. The van der Waals surface area contributed by atoms with Gasteiger partial charge in [-0.15, -0.1) is 0 Å². The molecule has 0 bridgehead atoms. The van der Waals surface area contributed by atoms with Gasteiger partial charge in [0, 0.05) is 12.6 Å². The maximum absolute atomic E-state index is 10.9. The topological polar surface area (TPSA) is 49.3 Å². The smallest absolute Gasteiger partial charge is 0.307 e. The summed E-state index contributed by atoms with van der Waals surface area (Å²) >= 11 is 0. The van der Waals surface area contributed by atoms with Gasteiger partial charge in [0.1, 0.15) is 0 Å². The zero-order valence-corrected chi connectivity index (χ0v) is 11.9. The Morgan fingerprint density at radius 1 is 1.32 bits per heavy atom. The molecule has 3 nitrogen and oxygen atoms in total. The first kappa shape index (κ1) is 14.1. The van der Waals surface area contributed by atoms with E-state index in [9.17, 15) is 4.79 Å². The minimum Gasteiger partial charge on any atom is -0.481 e. The molecule has 2 unspecified atom stereocenters. The number of hydrogen-bond acceptors (Lipinski definition) is 2. The van der Waals surface area contributed by atoms with E-state index in [1.165, 1.54) is 11.1 Å². The highest BCUT2D eigenvalue weighted by atomic mass is 16.4. The van der Waals surface area contributed by atoms with Gasteiger partial charge in [-0.05, 0) is 29.4 Å². The molecule has 1 aliphatic heterocycles. The van der Waals surface area contributed by atoms with Gasteiger partial charge in [-0.1, -0.05) is 45.0 Å². The number of rotatable bonds is 3. The fraction of sp³-hybridized carbons (Fsp3) is 0.562. The second-order valence-corrected chi connectivity index (χ2v) is 6.71. The largest absolute Gasteiger partial charge is 0.481 e. The van der Waals surface area contributed by atoms with Crippen LogP contribution in [0.25, 0.3) is 0 Å². The maximum atomic E-state index is 10.9. The fourth-order valence-corrected chi connectivity index (χ4v) is 2.66. The van der Waals surface area contributed by atoms with Crippen LogP contribution in [0.3, 0.4) is 0 Å². The van der Waals surface area contributed by atoms with E-state index in [-0.39, 0.29) is 12.0 Å². The van der Waals surface area contributed by atoms with Crippen molar-refractivity contribution < 1.29 is 9.90 Å². The predicted octanol–water partition coefficient (Wildman–Crippen LogP) is 3.01. The van der Waals surface area contributed by atoms with Crippen LogP contribution in [0, 0.1) is 11.3 Å². The first-order chi connectivity index (χ1) is 8.85. The standard InChI is InChI=1S/C16H23NO2/c1-16(2,3)9-11-4-6-12(7-5-11)14-8-13(10-17-14)15(18)19/h4-7,13-14,17H,8-10H2,1-3H3,(H,18,19). The van der Waals surface area contributed by atoms with Crippen molar-refractivity contribution in [3.05, 3.63) is 35.4 Å². The van der Waals surface area contributed by atoms with Crippen molar-refractivity contribution in [3.8, 4) is 0 Å². The van der Waals surface area contributed by atoms with E-state index in [4.69, 9.17) is 5.11 Å². The van der Waals surface area contributed by atoms with Crippen molar-refractivity contribution in [2.75, 3.05) is 6.54 Å². The quantitative estimate of drug-likeness (QED) is 0.879. The number of nitrogens with one attached hydrogen (secondary N) is 1. The zero-order valence-electron chi connectivity index (χ0n) is 11.9. The van der Waals surface area contributed by atoms with E-state index in [1.54, 1.807) is 0 Å². The van der Waals surface area contributed by atoms with E-state index in [1.807, 2.05) is 0 Å². The lowest BCUT2D eigenvalue weighted by atomic mass is 9.87. The van der Waals surface area contributed by atoms with Crippen LogP contribution in [0.15, 0.2) is 24.3 Å². The van der Waals surface area contributed by atoms with Crippen molar-refractivity contribution in [3.63, 3.8) is 0 Å². The van der Waals surface area contributed by atoms with Crippen molar-refractivity contribution in [2.24, 2.45) is 11.3 Å². The summed E-state index contributed by atoms with van der Waals surface area (Å²) in [5.41, 5.74) is 2.83. The molecule has 0 saturated carbocycles. The average molecular weight is 261 g/mol. The van der Waals surface area contributed by atoms with Crippen LogP contribution in [-0.2, 0) is 11.2 Å². The monoisotopic (exact) mass is 261 g/mol. The Bertz CT molecular complexity index is 445. The first-order valence-corrected chi connectivity index (χ1v) is 6.90. The van der Waals surface area contributed by atoms with Crippen molar-refractivity contribution >= 4 is 5.97 Å². The third-order valence-electron chi connectivity index (χ3n) is 3.60. The van der Waals surface area contributed by atoms with Gasteiger partial charge in [-0.25, -0.2) is 0 Å². The van der Waals surface area contributed by atoms with Gasteiger partial charge in [-0.2, -0.15) is 0 Å². The normalized spacial score (nSPS) is 23.5. The van der Waals surface area contributed by atoms with Gasteiger partial charge in [-0.3, -0.25) is 4.79 Å². The first-order valence-electron chi connectivity index (χ1n) is 6.90. The lowest BCUT2D eigenvalue weighted by Gasteiger charge is -2.19. The van der Waals surface area contributed by atoms with Gasteiger partial charge in [0.2, 0.25) is 0 Å². The van der Waals surface area contributed by atoms with Crippen molar-refractivity contribution in [1.29, 1.82) is 0 Å². The number of carboxylic acids is 1. The van der Waals surface area contributed by atoms with E-state index in [2.05, 4.69) is 50.4 Å². The SMILES string of the molecule is CC(C)(C)Cc1ccc(C2CC(C(=O)O)CN2)cc1. The van der Waals surface area contributed by atoms with Crippen molar-refractivity contribution in [2.45, 2.75) is 39.7 Å². The van der Waals surface area contributed by atoms with E-state index in [0.29, 0.717) is 18.4 Å². The van der Waals surface area contributed by atoms with Gasteiger partial charge in [0.25, 0.3) is 0 Å². The number of carboxylic acid groups (broad SMARTS) is 1. The highest BCUT2D eigenvalue weighted by Gasteiger charge is 2.29. The molecular formula is C16H23NO2. The fourth-order valence-electron chi connectivity index (χ4n) is 2.66. The summed E-state index contributed by atoms with van der Waals surface area (Å²) in [4.78, 5) is 10.9. The Hall–Kier alpha value is -1.35. The Balaban J connectivity index is 2.01. The van der Waals surface area contributed by atoms with Gasteiger partial charge in [0.15, 0.2) is 0 Å². The molecule has 2 rings (SSSR count). The zero-order chi connectivity index (χ0) is 14.0. The summed E-state index contributed by atoms with van der Waals surface area (Å²) in [5, 5.41) is 12.3. The van der Waals surface area contributed by atoms with E-state index >= 15 is 0 Å². The van der Waals surface area contributed by atoms with Crippen LogP contribution in [-0.4, -0.2) is 17.6 Å². The highest BCUT2D eigenvalue weighted by Crippen LogP contribution is 2.28. The molecule has 0 aliphatic carbocycles. The van der Waals surface area contributed by atoms with Crippen LogP contribution in [0.2, 0.25) is 0 Å². The second kappa shape index (κ2) is 5.33. The van der Waals surface area contributed by atoms with Crippen molar-refractivity contribution in [1.82, 2.24) is 5.32 Å². The van der Waals surface area contributed by atoms with E-state index in [0.717, 1.165) is 6.42 Å². The average Bonchev–Trinajstić information content (AvgIpc) is 2.77.